The standard InChI is InChI=1S/C20H27.C5H5.7CH3.Hf/c1-6-20(7-2)12-15-10-14-8-9-18(19(3,4)5)17(14)11-16(15)13-20;1-2-4-5-3-1;;;;;;;;/h8-11H,6-7,12-13H2,1-5H3;1-5H;7*1H3;/q9*-1;. The van der Waals surface area contributed by atoms with Crippen LogP contribution in [0.4, 0.5) is 0 Å². The van der Waals surface area contributed by atoms with E-state index in [0.29, 0.717) is 5.41 Å². The summed E-state index contributed by atoms with van der Waals surface area (Å²) in [5.41, 5.74) is 5.48. The minimum Gasteiger partial charge on any atom is -0.358 e. The zero-order valence-electron chi connectivity index (χ0n) is 24.0. The first-order valence-corrected chi connectivity index (χ1v) is 9.77. The first kappa shape index (κ1) is 45.5. The fourth-order valence-corrected chi connectivity index (χ4v) is 4.27. The van der Waals surface area contributed by atoms with Crippen molar-refractivity contribution in [2.24, 2.45) is 5.41 Å². The van der Waals surface area contributed by atoms with Crippen LogP contribution in [0.3, 0.4) is 0 Å². The van der Waals surface area contributed by atoms with Gasteiger partial charge in [0.15, 0.2) is 0 Å². The van der Waals surface area contributed by atoms with E-state index in [1.807, 2.05) is 30.3 Å². The molecule has 0 radical (unpaired) electrons. The number of rotatable bonds is 2. The topological polar surface area (TPSA) is 0 Å². The van der Waals surface area contributed by atoms with E-state index in [4.69, 9.17) is 0 Å². The molecule has 3 aromatic carbocycles. The molecule has 1 aliphatic carbocycles. The largest absolute Gasteiger partial charge is 0.358 e. The minimum absolute atomic E-state index is 0. The van der Waals surface area contributed by atoms with Gasteiger partial charge in [-0.2, -0.15) is 24.3 Å². The molecule has 0 atom stereocenters. The molecule has 1 aliphatic rings. The zero-order valence-corrected chi connectivity index (χ0v) is 27.6. The molecule has 194 valence electrons. The third-order valence-corrected chi connectivity index (χ3v) is 6.09. The first-order valence-electron chi connectivity index (χ1n) is 9.77. The molecule has 0 saturated carbocycles. The van der Waals surface area contributed by atoms with E-state index >= 15 is 0 Å². The molecule has 0 bridgehead atoms. The second-order valence-corrected chi connectivity index (χ2v) is 8.73. The Morgan fingerprint density at radius 2 is 1.27 bits per heavy atom. The van der Waals surface area contributed by atoms with Crippen LogP contribution in [0, 0.1) is 57.4 Å². The van der Waals surface area contributed by atoms with Gasteiger partial charge in [0.05, 0.1) is 0 Å². The van der Waals surface area contributed by atoms with Crippen molar-refractivity contribution < 1.29 is 25.8 Å². The van der Waals surface area contributed by atoms with Crippen molar-refractivity contribution in [3.8, 4) is 0 Å². The van der Waals surface area contributed by atoms with Crippen LogP contribution < -0.4 is 0 Å². The Balaban J connectivity index is -0.000000126. The smallest absolute Gasteiger partial charge is 0 e. The molecular formula is C32H53Hf-9. The van der Waals surface area contributed by atoms with Crippen LogP contribution >= 0.6 is 0 Å². The number of hydrogen-bond donors (Lipinski definition) is 0. The fraction of sp³-hybridized carbons (Fsp3) is 0.344. The molecule has 0 amide bonds. The average Bonchev–Trinajstić information content (AvgIpc) is 3.31. The number of hydrogen-bond acceptors (Lipinski definition) is 0. The molecular weight excluding hydrogens is 563 g/mol. The molecule has 0 N–H and O–H groups in total. The van der Waals surface area contributed by atoms with Crippen LogP contribution in [0.25, 0.3) is 10.8 Å². The van der Waals surface area contributed by atoms with E-state index in [-0.39, 0.29) is 83.2 Å². The van der Waals surface area contributed by atoms with Crippen molar-refractivity contribution in [1.82, 2.24) is 0 Å². The Bertz CT molecular complexity index is 791. The van der Waals surface area contributed by atoms with Gasteiger partial charge in [0.2, 0.25) is 0 Å². The molecule has 3 aromatic rings. The first-order chi connectivity index (χ1) is 11.9. The molecule has 4 rings (SSSR count). The van der Waals surface area contributed by atoms with Crippen LogP contribution in [-0.4, -0.2) is 0 Å². The van der Waals surface area contributed by atoms with Gasteiger partial charge in [-0.05, 0) is 36.5 Å². The summed E-state index contributed by atoms with van der Waals surface area (Å²) in [5.74, 6) is 0. The van der Waals surface area contributed by atoms with E-state index in [1.165, 1.54) is 42.0 Å². The average molecular weight is 616 g/mol. The molecule has 0 unspecified atom stereocenters. The molecule has 0 nitrogen and oxygen atoms in total. The number of fused-ring (bicyclic) bond motifs is 2. The summed E-state index contributed by atoms with van der Waals surface area (Å²) in [6, 6.07) is 19.6. The molecule has 0 aliphatic heterocycles. The van der Waals surface area contributed by atoms with Gasteiger partial charge in [-0.3, -0.25) is 0 Å². The zero-order chi connectivity index (χ0) is 18.1. The second kappa shape index (κ2) is 18.4. The van der Waals surface area contributed by atoms with Crippen molar-refractivity contribution in [2.45, 2.75) is 65.7 Å². The monoisotopic (exact) mass is 617 g/mol. The van der Waals surface area contributed by atoms with Gasteiger partial charge in [0.25, 0.3) is 0 Å². The maximum absolute atomic E-state index is 2.50. The number of benzene rings is 1. The quantitative estimate of drug-likeness (QED) is 0.199. The van der Waals surface area contributed by atoms with Crippen LogP contribution in [0.5, 0.6) is 0 Å². The predicted octanol–water partition coefficient (Wildman–Crippen LogP) is 10.3. The summed E-state index contributed by atoms with van der Waals surface area (Å²) in [4.78, 5) is 0. The Morgan fingerprint density at radius 3 is 1.64 bits per heavy atom. The summed E-state index contributed by atoms with van der Waals surface area (Å²) < 4.78 is 0. The normalized spacial score (nSPS) is 11.9. The van der Waals surface area contributed by atoms with E-state index in [1.54, 1.807) is 11.1 Å². The van der Waals surface area contributed by atoms with Gasteiger partial charge in [-0.1, -0.05) is 45.7 Å². The van der Waals surface area contributed by atoms with Gasteiger partial charge >= 0.3 is 0 Å². The Labute approximate surface area is 230 Å². The van der Waals surface area contributed by atoms with Crippen molar-refractivity contribution in [2.75, 3.05) is 0 Å². The molecule has 0 spiro atoms. The molecule has 0 aromatic heterocycles. The Morgan fingerprint density at radius 1 is 0.818 bits per heavy atom. The third kappa shape index (κ3) is 10.1. The fourth-order valence-electron chi connectivity index (χ4n) is 4.27. The van der Waals surface area contributed by atoms with Crippen LogP contribution in [0.2, 0.25) is 0 Å². The van der Waals surface area contributed by atoms with E-state index in [9.17, 15) is 0 Å². The molecule has 0 fully saturated rings. The second-order valence-electron chi connectivity index (χ2n) is 8.73. The van der Waals surface area contributed by atoms with Crippen LogP contribution in [0.15, 0.2) is 54.6 Å². The van der Waals surface area contributed by atoms with E-state index < -0.39 is 0 Å². The molecule has 0 heterocycles. The van der Waals surface area contributed by atoms with Gasteiger partial charge < -0.3 is 52.0 Å². The molecule has 1 heteroatoms. The van der Waals surface area contributed by atoms with E-state index in [0.717, 1.165) is 0 Å². The van der Waals surface area contributed by atoms with Crippen molar-refractivity contribution in [3.63, 3.8) is 0 Å². The molecule has 0 saturated heterocycles. The third-order valence-electron chi connectivity index (χ3n) is 6.09. The minimum atomic E-state index is 0. The predicted molar refractivity (Wildman–Crippen MR) is 156 cm³/mol. The summed E-state index contributed by atoms with van der Waals surface area (Å²) in [6.45, 7) is 11.7. The van der Waals surface area contributed by atoms with Crippen molar-refractivity contribution in [1.29, 1.82) is 0 Å². The summed E-state index contributed by atoms with van der Waals surface area (Å²) in [5, 5.41) is 2.93. The van der Waals surface area contributed by atoms with Gasteiger partial charge in [-0.25, -0.2) is 12.1 Å². The maximum atomic E-state index is 2.50. The van der Waals surface area contributed by atoms with Crippen molar-refractivity contribution in [3.05, 3.63) is 123 Å². The van der Waals surface area contributed by atoms with Gasteiger partial charge in [0, 0.05) is 25.8 Å². The molecule has 33 heavy (non-hydrogen) atoms. The van der Waals surface area contributed by atoms with Crippen LogP contribution in [0.1, 0.15) is 64.2 Å². The van der Waals surface area contributed by atoms with Gasteiger partial charge in [-0.15, -0.1) is 34.5 Å². The summed E-state index contributed by atoms with van der Waals surface area (Å²) in [7, 11) is 0. The van der Waals surface area contributed by atoms with Crippen LogP contribution in [-0.2, 0) is 44.1 Å². The summed E-state index contributed by atoms with van der Waals surface area (Å²) >= 11 is 0. The van der Waals surface area contributed by atoms with Crippen molar-refractivity contribution >= 4 is 10.8 Å². The Kier molecular flexibility index (Phi) is 25.4. The summed E-state index contributed by atoms with van der Waals surface area (Å²) in [6.07, 6.45) is 5.16. The maximum Gasteiger partial charge on any atom is 0 e. The van der Waals surface area contributed by atoms with E-state index in [2.05, 4.69) is 58.9 Å². The Hall–Kier alpha value is -0.950. The van der Waals surface area contributed by atoms with Gasteiger partial charge in [0.1, 0.15) is 0 Å². The SMILES string of the molecule is CCC1(CC)Cc2cc3cc[c-](C(C)(C)C)c3cc2C1.[CH3-].[CH3-].[CH3-].[CH3-].[CH3-].[CH3-].[CH3-].[Hf].c1cc[cH-]c1.